The molecule has 0 aliphatic heterocycles. The number of anilines is 1. The number of halogens is 1. The van der Waals surface area contributed by atoms with E-state index in [0.29, 0.717) is 34.9 Å². The number of carbonyl (C=O) groups excluding carboxylic acids is 1. The predicted octanol–water partition coefficient (Wildman–Crippen LogP) is 5.54. The van der Waals surface area contributed by atoms with E-state index in [0.717, 1.165) is 18.5 Å². The lowest BCUT2D eigenvalue weighted by atomic mass is 9.87. The number of carbonyl (C=O) groups is 1. The van der Waals surface area contributed by atoms with E-state index < -0.39 is 0 Å². The maximum atomic E-state index is 13.1. The molecule has 0 bridgehead atoms. The van der Waals surface area contributed by atoms with Crippen molar-refractivity contribution < 1.29 is 13.6 Å². The van der Waals surface area contributed by atoms with Gasteiger partial charge in [0.2, 0.25) is 11.8 Å². The van der Waals surface area contributed by atoms with Gasteiger partial charge in [-0.25, -0.2) is 9.37 Å². The Labute approximate surface area is 151 Å². The zero-order valence-electron chi connectivity index (χ0n) is 14.5. The predicted molar refractivity (Wildman–Crippen MR) is 99.2 cm³/mol. The van der Waals surface area contributed by atoms with Gasteiger partial charge in [-0.2, -0.15) is 0 Å². The summed E-state index contributed by atoms with van der Waals surface area (Å²) < 4.78 is 18.8. The minimum Gasteiger partial charge on any atom is -0.436 e. The molecule has 4 rings (SSSR count). The highest BCUT2D eigenvalue weighted by atomic mass is 19.1. The van der Waals surface area contributed by atoms with Gasteiger partial charge in [0, 0.05) is 17.7 Å². The van der Waals surface area contributed by atoms with Crippen LogP contribution in [0.15, 0.2) is 46.9 Å². The lowest BCUT2D eigenvalue weighted by Gasteiger charge is -2.20. The molecule has 1 fully saturated rings. The van der Waals surface area contributed by atoms with Crippen LogP contribution in [0.2, 0.25) is 0 Å². The summed E-state index contributed by atoms with van der Waals surface area (Å²) in [6.45, 7) is 0. The second kappa shape index (κ2) is 7.28. The number of rotatable bonds is 4. The fraction of sp³-hybridized carbons (Fsp3) is 0.333. The Hall–Kier alpha value is -2.69. The van der Waals surface area contributed by atoms with Crippen LogP contribution in [0.25, 0.3) is 22.6 Å². The van der Waals surface area contributed by atoms with Crippen LogP contribution in [0.5, 0.6) is 0 Å². The molecule has 1 aliphatic rings. The smallest absolute Gasteiger partial charge is 0.227 e. The number of amides is 1. The van der Waals surface area contributed by atoms with Gasteiger partial charge in [-0.15, -0.1) is 0 Å². The van der Waals surface area contributed by atoms with Crippen molar-refractivity contribution in [1.82, 2.24) is 4.98 Å². The van der Waals surface area contributed by atoms with Crippen molar-refractivity contribution >= 4 is 22.7 Å². The van der Waals surface area contributed by atoms with E-state index in [-0.39, 0.29) is 11.7 Å². The molecule has 4 nitrogen and oxygen atoms in total. The van der Waals surface area contributed by atoms with Gasteiger partial charge in [-0.3, -0.25) is 4.79 Å². The fourth-order valence-corrected chi connectivity index (χ4v) is 3.59. The monoisotopic (exact) mass is 352 g/mol. The summed E-state index contributed by atoms with van der Waals surface area (Å²) in [7, 11) is 0. The third-order valence-corrected chi connectivity index (χ3v) is 4.96. The summed E-state index contributed by atoms with van der Waals surface area (Å²) in [6.07, 6.45) is 6.63. The summed E-state index contributed by atoms with van der Waals surface area (Å²) >= 11 is 0. The molecule has 1 aromatic heterocycles. The Morgan fingerprint density at radius 1 is 1.12 bits per heavy atom. The van der Waals surface area contributed by atoms with E-state index >= 15 is 0 Å². The highest BCUT2D eigenvalue weighted by molar-refractivity contribution is 5.93. The summed E-state index contributed by atoms with van der Waals surface area (Å²) in [5, 5.41) is 2.97. The van der Waals surface area contributed by atoms with Gasteiger partial charge in [-0.1, -0.05) is 19.3 Å². The number of aromatic nitrogens is 1. The second-order valence-electron chi connectivity index (χ2n) is 6.96. The van der Waals surface area contributed by atoms with Gasteiger partial charge < -0.3 is 9.73 Å². The minimum atomic E-state index is -0.298. The Kier molecular flexibility index (Phi) is 4.69. The van der Waals surface area contributed by atoms with Gasteiger partial charge in [0.1, 0.15) is 11.3 Å². The first kappa shape index (κ1) is 16.8. The first-order valence-electron chi connectivity index (χ1n) is 9.14. The maximum absolute atomic E-state index is 13.1. The average Bonchev–Trinajstić information content (AvgIpc) is 3.06. The highest BCUT2D eigenvalue weighted by Crippen LogP contribution is 2.28. The van der Waals surface area contributed by atoms with Crippen molar-refractivity contribution in [3.05, 3.63) is 48.3 Å². The van der Waals surface area contributed by atoms with E-state index in [4.69, 9.17) is 4.42 Å². The van der Waals surface area contributed by atoms with Crippen molar-refractivity contribution in [2.45, 2.75) is 38.5 Å². The Morgan fingerprint density at radius 3 is 2.65 bits per heavy atom. The van der Waals surface area contributed by atoms with Crippen LogP contribution in [0.4, 0.5) is 10.1 Å². The van der Waals surface area contributed by atoms with Gasteiger partial charge in [0.25, 0.3) is 0 Å². The van der Waals surface area contributed by atoms with Gasteiger partial charge >= 0.3 is 0 Å². The Balaban J connectivity index is 1.48. The number of nitrogens with one attached hydrogen (secondary N) is 1. The van der Waals surface area contributed by atoms with Crippen molar-refractivity contribution in [1.29, 1.82) is 0 Å². The average molecular weight is 352 g/mol. The number of oxazole rings is 1. The van der Waals surface area contributed by atoms with Crippen LogP contribution in [-0.4, -0.2) is 10.9 Å². The molecule has 26 heavy (non-hydrogen) atoms. The fourth-order valence-electron chi connectivity index (χ4n) is 3.59. The molecule has 0 radical (unpaired) electrons. The summed E-state index contributed by atoms with van der Waals surface area (Å²) in [5.41, 5.74) is 2.73. The minimum absolute atomic E-state index is 0.0542. The van der Waals surface area contributed by atoms with Crippen LogP contribution in [0.1, 0.15) is 38.5 Å². The number of hydrogen-bond acceptors (Lipinski definition) is 3. The molecule has 5 heteroatoms. The van der Waals surface area contributed by atoms with Crippen LogP contribution in [0, 0.1) is 11.7 Å². The second-order valence-corrected chi connectivity index (χ2v) is 6.96. The molecule has 0 spiro atoms. The van der Waals surface area contributed by atoms with Crippen molar-refractivity contribution in [3.8, 4) is 11.5 Å². The van der Waals surface area contributed by atoms with E-state index in [1.807, 2.05) is 12.1 Å². The molecule has 0 atom stereocenters. The van der Waals surface area contributed by atoms with Crippen LogP contribution in [-0.2, 0) is 4.79 Å². The normalized spacial score (nSPS) is 15.3. The van der Waals surface area contributed by atoms with Gasteiger partial charge in [0.05, 0.1) is 0 Å². The highest BCUT2D eigenvalue weighted by Gasteiger charge is 2.17. The first-order valence-corrected chi connectivity index (χ1v) is 9.14. The van der Waals surface area contributed by atoms with Gasteiger partial charge in [-0.05, 0) is 61.2 Å². The van der Waals surface area contributed by atoms with Crippen LogP contribution < -0.4 is 5.32 Å². The third kappa shape index (κ3) is 3.77. The number of nitrogens with zero attached hydrogens (tertiary/aromatic N) is 1. The maximum Gasteiger partial charge on any atom is 0.227 e. The largest absolute Gasteiger partial charge is 0.436 e. The molecular formula is C21H21FN2O2. The SMILES string of the molecule is O=C(CC1CCCCC1)Nc1ccc2oc(-c3ccc(F)cc3)nc2c1. The molecule has 1 amide bonds. The van der Waals surface area contributed by atoms with E-state index in [1.54, 1.807) is 18.2 Å². The molecule has 2 aromatic carbocycles. The zero-order valence-corrected chi connectivity index (χ0v) is 14.5. The number of hydrogen-bond donors (Lipinski definition) is 1. The van der Waals surface area contributed by atoms with Gasteiger partial charge in [0.15, 0.2) is 5.58 Å². The van der Waals surface area contributed by atoms with E-state index in [1.165, 1.54) is 31.4 Å². The molecule has 0 unspecified atom stereocenters. The quantitative estimate of drug-likeness (QED) is 0.670. The Bertz CT molecular complexity index is 911. The van der Waals surface area contributed by atoms with Crippen LogP contribution in [0.3, 0.4) is 0 Å². The number of fused-ring (bicyclic) bond motifs is 1. The topological polar surface area (TPSA) is 55.1 Å². The molecule has 3 aromatic rings. The lowest BCUT2D eigenvalue weighted by Crippen LogP contribution is -2.18. The molecule has 1 heterocycles. The van der Waals surface area contributed by atoms with E-state index in [2.05, 4.69) is 10.3 Å². The zero-order chi connectivity index (χ0) is 17.9. The molecular weight excluding hydrogens is 331 g/mol. The van der Waals surface area contributed by atoms with Crippen LogP contribution >= 0.6 is 0 Å². The molecule has 1 aliphatic carbocycles. The molecule has 1 N–H and O–H groups in total. The van der Waals surface area contributed by atoms with Crippen molar-refractivity contribution in [2.24, 2.45) is 5.92 Å². The molecule has 1 saturated carbocycles. The molecule has 0 saturated heterocycles. The summed E-state index contributed by atoms with van der Waals surface area (Å²) in [4.78, 5) is 16.7. The standard InChI is InChI=1S/C21H21FN2O2/c22-16-8-6-15(7-9-16)21-24-18-13-17(10-11-19(18)26-21)23-20(25)12-14-4-2-1-3-5-14/h6-11,13-14H,1-5,12H2,(H,23,25). The summed E-state index contributed by atoms with van der Waals surface area (Å²) in [6, 6.07) is 11.4. The van der Waals surface area contributed by atoms with Crippen molar-refractivity contribution in [2.75, 3.05) is 5.32 Å². The molecule has 134 valence electrons. The summed E-state index contributed by atoms with van der Waals surface area (Å²) in [5.74, 6) is 0.696. The first-order chi connectivity index (χ1) is 12.7. The third-order valence-electron chi connectivity index (χ3n) is 4.96. The van der Waals surface area contributed by atoms with Crippen molar-refractivity contribution in [3.63, 3.8) is 0 Å². The van der Waals surface area contributed by atoms with E-state index in [9.17, 15) is 9.18 Å². The lowest BCUT2D eigenvalue weighted by molar-refractivity contribution is -0.117. The number of benzene rings is 2. The Morgan fingerprint density at radius 2 is 1.88 bits per heavy atom.